The summed E-state index contributed by atoms with van der Waals surface area (Å²) in [5.41, 5.74) is 7.03. The number of hydrogen-bond donors (Lipinski definition) is 3. The first-order chi connectivity index (χ1) is 10.1. The molecule has 4 N–H and O–H groups in total. The van der Waals surface area contributed by atoms with Gasteiger partial charge in [-0.2, -0.15) is 0 Å². The summed E-state index contributed by atoms with van der Waals surface area (Å²) in [5.74, 6) is -0.0443. The van der Waals surface area contributed by atoms with Crippen LogP contribution in [0.4, 0.5) is 5.69 Å². The van der Waals surface area contributed by atoms with E-state index in [0.717, 1.165) is 24.2 Å². The number of rotatable bonds is 9. The van der Waals surface area contributed by atoms with E-state index in [9.17, 15) is 4.79 Å². The Labute approximate surface area is 131 Å². The molecule has 0 fully saturated rings. The molecule has 0 spiro atoms. The van der Waals surface area contributed by atoms with Gasteiger partial charge in [0.15, 0.2) is 0 Å². The van der Waals surface area contributed by atoms with Crippen LogP contribution in [-0.2, 0) is 4.79 Å². The molecule has 1 rings (SSSR count). The van der Waals surface area contributed by atoms with Gasteiger partial charge in [-0.05, 0) is 37.2 Å². The summed E-state index contributed by atoms with van der Waals surface area (Å²) in [4.78, 5) is 14.3. The third kappa shape index (κ3) is 6.66. The molecule has 1 aromatic rings. The summed E-state index contributed by atoms with van der Waals surface area (Å²) in [6.45, 7) is 4.32. The van der Waals surface area contributed by atoms with Gasteiger partial charge in [-0.3, -0.25) is 4.79 Å². The van der Waals surface area contributed by atoms with Crippen molar-refractivity contribution in [1.82, 2.24) is 4.90 Å². The molecule has 0 aromatic heterocycles. The number of aliphatic hydroxyl groups excluding tert-OH is 1. The minimum Gasteiger partial charge on any atom is -0.395 e. The Bertz CT molecular complexity index is 456. The number of nitrogens with zero attached hydrogens (tertiary/aromatic N) is 1. The quantitative estimate of drug-likeness (QED) is 0.600. The third-order valence-corrected chi connectivity index (χ3v) is 3.30. The molecule has 0 unspecified atom stereocenters. The normalized spacial score (nSPS) is 10.6. The van der Waals surface area contributed by atoms with Crippen molar-refractivity contribution < 1.29 is 9.90 Å². The van der Waals surface area contributed by atoms with E-state index in [1.54, 1.807) is 24.3 Å². The molecule has 116 valence electrons. The van der Waals surface area contributed by atoms with Crippen molar-refractivity contribution >= 4 is 28.8 Å². The number of hydrogen-bond acceptors (Lipinski definition) is 4. The molecular formula is C15H23N3O2S. The molecular weight excluding hydrogens is 286 g/mol. The van der Waals surface area contributed by atoms with Crippen molar-refractivity contribution in [2.75, 3.05) is 31.6 Å². The molecule has 0 atom stereocenters. The van der Waals surface area contributed by atoms with E-state index in [4.69, 9.17) is 23.1 Å². The number of carbonyl (C=O) groups excluding carboxylic acids is 1. The molecule has 1 aromatic carbocycles. The van der Waals surface area contributed by atoms with Crippen molar-refractivity contribution in [3.63, 3.8) is 0 Å². The van der Waals surface area contributed by atoms with Gasteiger partial charge in [-0.1, -0.05) is 19.1 Å². The Morgan fingerprint density at radius 3 is 2.48 bits per heavy atom. The molecule has 0 aliphatic heterocycles. The number of aliphatic hydroxyl groups is 1. The molecule has 1 amide bonds. The third-order valence-electron chi connectivity index (χ3n) is 3.06. The predicted octanol–water partition coefficient (Wildman–Crippen LogP) is 1.35. The standard InChI is InChI=1S/C15H23N3O2S/c1-2-8-18(10-11-19)9-7-14(20)17-13-5-3-12(4-6-13)15(16)21/h3-6,19H,2,7-11H2,1H3,(H2,16,21)(H,17,20). The zero-order valence-electron chi connectivity index (χ0n) is 12.3. The average molecular weight is 309 g/mol. The van der Waals surface area contributed by atoms with Crippen LogP contribution < -0.4 is 11.1 Å². The minimum atomic E-state index is -0.0443. The molecule has 0 aliphatic rings. The van der Waals surface area contributed by atoms with Gasteiger partial charge in [0, 0.05) is 30.8 Å². The first-order valence-corrected chi connectivity index (χ1v) is 7.50. The van der Waals surface area contributed by atoms with Crippen LogP contribution in [0.25, 0.3) is 0 Å². The Hall–Kier alpha value is -1.50. The van der Waals surface area contributed by atoms with Crippen molar-refractivity contribution in [2.45, 2.75) is 19.8 Å². The van der Waals surface area contributed by atoms with Gasteiger partial charge in [-0.25, -0.2) is 0 Å². The first kappa shape index (κ1) is 17.6. The number of nitrogens with two attached hydrogens (primary N) is 1. The number of anilines is 1. The summed E-state index contributed by atoms with van der Waals surface area (Å²) >= 11 is 4.88. The molecule has 0 aliphatic carbocycles. The molecule has 21 heavy (non-hydrogen) atoms. The van der Waals surface area contributed by atoms with Gasteiger partial charge >= 0.3 is 0 Å². The summed E-state index contributed by atoms with van der Waals surface area (Å²) < 4.78 is 0. The zero-order valence-corrected chi connectivity index (χ0v) is 13.2. The number of benzene rings is 1. The van der Waals surface area contributed by atoms with E-state index < -0.39 is 0 Å². The monoisotopic (exact) mass is 309 g/mol. The van der Waals surface area contributed by atoms with Gasteiger partial charge in [0.05, 0.1) is 6.61 Å². The lowest BCUT2D eigenvalue weighted by Gasteiger charge is -2.20. The maximum absolute atomic E-state index is 11.9. The van der Waals surface area contributed by atoms with E-state index in [2.05, 4.69) is 17.1 Å². The molecule has 0 saturated carbocycles. The molecule has 0 radical (unpaired) electrons. The van der Waals surface area contributed by atoms with E-state index >= 15 is 0 Å². The highest BCUT2D eigenvalue weighted by molar-refractivity contribution is 7.80. The Morgan fingerprint density at radius 2 is 1.95 bits per heavy atom. The Morgan fingerprint density at radius 1 is 1.29 bits per heavy atom. The summed E-state index contributed by atoms with van der Waals surface area (Å²) in [6, 6.07) is 7.13. The van der Waals surface area contributed by atoms with Crippen LogP contribution in [0.5, 0.6) is 0 Å². The van der Waals surface area contributed by atoms with Gasteiger partial charge in [-0.15, -0.1) is 0 Å². The maximum atomic E-state index is 11.9. The van der Waals surface area contributed by atoms with E-state index in [0.29, 0.717) is 24.5 Å². The number of carbonyl (C=O) groups is 1. The van der Waals surface area contributed by atoms with Gasteiger partial charge in [0.1, 0.15) is 4.99 Å². The van der Waals surface area contributed by atoms with Gasteiger partial charge in [0.25, 0.3) is 0 Å². The highest BCUT2D eigenvalue weighted by atomic mass is 32.1. The van der Waals surface area contributed by atoms with Crippen molar-refractivity contribution in [3.8, 4) is 0 Å². The zero-order chi connectivity index (χ0) is 15.7. The van der Waals surface area contributed by atoms with Crippen LogP contribution >= 0.6 is 12.2 Å². The minimum absolute atomic E-state index is 0.0443. The Kier molecular flexibility index (Phi) is 7.89. The predicted molar refractivity (Wildman–Crippen MR) is 89.4 cm³/mol. The highest BCUT2D eigenvalue weighted by Gasteiger charge is 2.07. The van der Waals surface area contributed by atoms with Crippen LogP contribution in [0.1, 0.15) is 25.3 Å². The second-order valence-electron chi connectivity index (χ2n) is 4.81. The van der Waals surface area contributed by atoms with E-state index in [-0.39, 0.29) is 12.5 Å². The Balaban J connectivity index is 2.43. The largest absolute Gasteiger partial charge is 0.395 e. The summed E-state index contributed by atoms with van der Waals surface area (Å²) in [5, 5.41) is 11.8. The smallest absolute Gasteiger partial charge is 0.225 e. The van der Waals surface area contributed by atoms with Crippen LogP contribution in [0.15, 0.2) is 24.3 Å². The van der Waals surface area contributed by atoms with E-state index in [1.165, 1.54) is 0 Å². The molecule has 5 nitrogen and oxygen atoms in total. The fourth-order valence-electron chi connectivity index (χ4n) is 1.99. The molecule has 0 saturated heterocycles. The van der Waals surface area contributed by atoms with Crippen LogP contribution in [0.2, 0.25) is 0 Å². The van der Waals surface area contributed by atoms with Crippen LogP contribution in [0.3, 0.4) is 0 Å². The lowest BCUT2D eigenvalue weighted by atomic mass is 10.2. The number of amides is 1. The fourth-order valence-corrected chi connectivity index (χ4v) is 2.13. The van der Waals surface area contributed by atoms with Gasteiger partial charge in [0.2, 0.25) is 5.91 Å². The van der Waals surface area contributed by atoms with Gasteiger partial charge < -0.3 is 21.1 Å². The SMILES string of the molecule is CCCN(CCO)CCC(=O)Nc1ccc(C(N)=S)cc1. The number of thiocarbonyl (C=S) groups is 1. The van der Waals surface area contributed by atoms with Crippen LogP contribution in [-0.4, -0.2) is 47.1 Å². The van der Waals surface area contributed by atoms with Crippen molar-refractivity contribution in [3.05, 3.63) is 29.8 Å². The summed E-state index contributed by atoms with van der Waals surface area (Å²) in [7, 11) is 0. The fraction of sp³-hybridized carbons (Fsp3) is 0.467. The molecule has 6 heteroatoms. The van der Waals surface area contributed by atoms with Crippen molar-refractivity contribution in [2.24, 2.45) is 5.73 Å². The van der Waals surface area contributed by atoms with Crippen LogP contribution in [0, 0.1) is 0 Å². The van der Waals surface area contributed by atoms with Crippen molar-refractivity contribution in [1.29, 1.82) is 0 Å². The first-order valence-electron chi connectivity index (χ1n) is 7.09. The second-order valence-corrected chi connectivity index (χ2v) is 5.24. The van der Waals surface area contributed by atoms with E-state index in [1.807, 2.05) is 0 Å². The lowest BCUT2D eigenvalue weighted by molar-refractivity contribution is -0.116. The average Bonchev–Trinajstić information content (AvgIpc) is 2.46. The lowest BCUT2D eigenvalue weighted by Crippen LogP contribution is -2.31. The highest BCUT2D eigenvalue weighted by Crippen LogP contribution is 2.10. The molecule has 0 heterocycles. The number of nitrogens with one attached hydrogen (secondary N) is 1. The molecule has 0 bridgehead atoms. The summed E-state index contributed by atoms with van der Waals surface area (Å²) in [6.07, 6.45) is 1.40. The second kappa shape index (κ2) is 9.44. The topological polar surface area (TPSA) is 78.6 Å². The maximum Gasteiger partial charge on any atom is 0.225 e.